The number of carbonyl (C=O) groups is 3. The van der Waals surface area contributed by atoms with Crippen molar-refractivity contribution in [2.75, 3.05) is 38.2 Å². The third-order valence-corrected chi connectivity index (χ3v) is 7.94. The molecule has 35 heavy (non-hydrogen) atoms. The van der Waals surface area contributed by atoms with E-state index in [1.54, 1.807) is 43.5 Å². The van der Waals surface area contributed by atoms with Crippen molar-refractivity contribution in [3.05, 3.63) is 54.6 Å². The van der Waals surface area contributed by atoms with Crippen LogP contribution in [-0.2, 0) is 19.1 Å². The third-order valence-electron chi connectivity index (χ3n) is 7.62. The van der Waals surface area contributed by atoms with E-state index in [-0.39, 0.29) is 37.4 Å². The Morgan fingerprint density at radius 1 is 1.23 bits per heavy atom. The first-order valence-electron chi connectivity index (χ1n) is 11.8. The normalized spacial score (nSPS) is 30.8. The van der Waals surface area contributed by atoms with Crippen molar-refractivity contribution >= 4 is 35.0 Å². The fourth-order valence-electron chi connectivity index (χ4n) is 6.20. The predicted molar refractivity (Wildman–Crippen MR) is 133 cm³/mol. The van der Waals surface area contributed by atoms with E-state index in [4.69, 9.17) is 16.3 Å². The van der Waals surface area contributed by atoms with Gasteiger partial charge in [0.25, 0.3) is 5.91 Å². The Bertz CT molecular complexity index is 1060. The molecule has 3 amide bonds. The van der Waals surface area contributed by atoms with Crippen LogP contribution in [0.15, 0.2) is 49.6 Å². The van der Waals surface area contributed by atoms with Gasteiger partial charge in [-0.25, -0.2) is 0 Å². The summed E-state index contributed by atoms with van der Waals surface area (Å²) in [5.74, 6) is -2.49. The van der Waals surface area contributed by atoms with Gasteiger partial charge in [-0.1, -0.05) is 35.9 Å². The van der Waals surface area contributed by atoms with Crippen LogP contribution in [0, 0.1) is 11.8 Å². The molecule has 3 aliphatic heterocycles. The number of hydrogen-bond donors (Lipinski definition) is 1. The summed E-state index contributed by atoms with van der Waals surface area (Å²) in [5.41, 5.74) is -1.55. The Morgan fingerprint density at radius 3 is 2.54 bits per heavy atom. The number of halogens is 1. The van der Waals surface area contributed by atoms with E-state index >= 15 is 0 Å². The van der Waals surface area contributed by atoms with Crippen LogP contribution in [0.25, 0.3) is 0 Å². The van der Waals surface area contributed by atoms with Crippen LogP contribution in [0.1, 0.15) is 19.8 Å². The number of benzene rings is 1. The van der Waals surface area contributed by atoms with Crippen LogP contribution >= 0.6 is 11.6 Å². The molecule has 1 N–H and O–H groups in total. The van der Waals surface area contributed by atoms with Gasteiger partial charge in [0.05, 0.1) is 34.8 Å². The van der Waals surface area contributed by atoms with Gasteiger partial charge in [0.1, 0.15) is 11.6 Å². The molecule has 5 atom stereocenters. The molecule has 0 aliphatic carbocycles. The third kappa shape index (κ3) is 3.79. The number of rotatable bonds is 9. The minimum absolute atomic E-state index is 0.0403. The number of aliphatic hydroxyl groups excluding tert-OH is 1. The summed E-state index contributed by atoms with van der Waals surface area (Å²) in [5, 5.41) is 10.2. The average molecular weight is 502 g/mol. The number of likely N-dealkylation sites (tertiary alicyclic amines) is 1. The van der Waals surface area contributed by atoms with E-state index in [1.807, 2.05) is 6.92 Å². The average Bonchev–Trinajstić information content (AvgIpc) is 3.39. The zero-order valence-electron chi connectivity index (χ0n) is 20.2. The maximum atomic E-state index is 14.2. The summed E-state index contributed by atoms with van der Waals surface area (Å²) in [6, 6.07) is 5.96. The summed E-state index contributed by atoms with van der Waals surface area (Å²) >= 11 is 6.43. The molecule has 2 bridgehead atoms. The summed E-state index contributed by atoms with van der Waals surface area (Å²) in [6.07, 6.45) is 4.22. The maximum Gasteiger partial charge on any atom is 0.253 e. The highest BCUT2D eigenvalue weighted by atomic mass is 35.5. The zero-order valence-corrected chi connectivity index (χ0v) is 20.9. The first-order chi connectivity index (χ1) is 16.7. The molecule has 3 fully saturated rings. The smallest absolute Gasteiger partial charge is 0.253 e. The van der Waals surface area contributed by atoms with Gasteiger partial charge in [0.15, 0.2) is 0 Å². The number of anilines is 1. The lowest BCUT2D eigenvalue weighted by Crippen LogP contribution is -2.57. The van der Waals surface area contributed by atoms with E-state index in [9.17, 15) is 19.5 Å². The number of fused-ring (bicyclic) bond motifs is 1. The Morgan fingerprint density at radius 2 is 1.91 bits per heavy atom. The van der Waals surface area contributed by atoms with Crippen LogP contribution < -0.4 is 4.90 Å². The van der Waals surface area contributed by atoms with Crippen LogP contribution in [0.4, 0.5) is 5.69 Å². The molecule has 1 aromatic rings. The highest BCUT2D eigenvalue weighted by Gasteiger charge is 2.78. The van der Waals surface area contributed by atoms with Gasteiger partial charge < -0.3 is 24.5 Å². The Balaban J connectivity index is 1.80. The van der Waals surface area contributed by atoms with E-state index in [2.05, 4.69) is 13.2 Å². The van der Waals surface area contributed by atoms with Crippen molar-refractivity contribution in [2.45, 2.75) is 37.0 Å². The van der Waals surface area contributed by atoms with Crippen molar-refractivity contribution < 1.29 is 24.2 Å². The molecule has 9 heteroatoms. The molecule has 3 heterocycles. The molecular formula is C26H32ClN3O5. The van der Waals surface area contributed by atoms with Crippen molar-refractivity contribution in [1.82, 2.24) is 9.80 Å². The molecule has 1 spiro atoms. The number of para-hydroxylation sites is 1. The molecule has 188 valence electrons. The number of β-amino-alcohol motifs (C(OH)–C–C–N with tert-alkyl or cyclic N) is 1. The highest BCUT2D eigenvalue weighted by molar-refractivity contribution is 6.34. The lowest BCUT2D eigenvalue weighted by molar-refractivity contribution is -0.149. The van der Waals surface area contributed by atoms with Gasteiger partial charge in [0.2, 0.25) is 11.8 Å². The van der Waals surface area contributed by atoms with Crippen LogP contribution in [0.3, 0.4) is 0 Å². The number of hydrogen-bond acceptors (Lipinski definition) is 5. The summed E-state index contributed by atoms with van der Waals surface area (Å²) in [6.45, 7) is 9.48. The molecular weight excluding hydrogens is 470 g/mol. The Hall–Kier alpha value is -2.68. The zero-order chi connectivity index (χ0) is 25.5. The van der Waals surface area contributed by atoms with Gasteiger partial charge in [-0.05, 0) is 31.9 Å². The van der Waals surface area contributed by atoms with E-state index < -0.39 is 29.1 Å². The van der Waals surface area contributed by atoms with Gasteiger partial charge in [-0.2, -0.15) is 0 Å². The minimum Gasteiger partial charge on any atom is -0.395 e. The van der Waals surface area contributed by atoms with Crippen LogP contribution in [0.2, 0.25) is 5.02 Å². The number of amides is 3. The number of carbonyl (C=O) groups excluding carboxylic acids is 3. The summed E-state index contributed by atoms with van der Waals surface area (Å²) in [4.78, 5) is 46.0. The van der Waals surface area contributed by atoms with Gasteiger partial charge in [-0.15, -0.1) is 13.2 Å². The second kappa shape index (κ2) is 9.41. The monoisotopic (exact) mass is 501 g/mol. The number of aliphatic hydroxyl groups is 1. The molecule has 3 aliphatic rings. The number of likely N-dealkylation sites (N-methyl/N-ethyl adjacent to an activating group) is 1. The first kappa shape index (κ1) is 25.4. The molecule has 1 aromatic carbocycles. The van der Waals surface area contributed by atoms with Crippen molar-refractivity contribution in [2.24, 2.45) is 11.8 Å². The lowest BCUT2D eigenvalue weighted by Gasteiger charge is -2.36. The van der Waals surface area contributed by atoms with E-state index in [0.29, 0.717) is 30.1 Å². The number of ether oxygens (including phenoxy) is 1. The molecule has 0 saturated carbocycles. The Labute approximate surface area is 210 Å². The quantitative estimate of drug-likeness (QED) is 0.524. The van der Waals surface area contributed by atoms with Gasteiger partial charge in [-0.3, -0.25) is 14.4 Å². The van der Waals surface area contributed by atoms with Gasteiger partial charge in [0, 0.05) is 26.7 Å². The minimum atomic E-state index is -1.17. The molecule has 0 aromatic heterocycles. The second-order valence-corrected chi connectivity index (χ2v) is 10.1. The maximum absolute atomic E-state index is 14.2. The number of nitrogens with zero attached hydrogens (tertiary/aromatic N) is 3. The first-order valence-corrected chi connectivity index (χ1v) is 12.2. The molecule has 0 radical (unpaired) electrons. The van der Waals surface area contributed by atoms with Crippen LogP contribution in [-0.4, -0.2) is 83.2 Å². The fraction of sp³-hybridized carbons (Fsp3) is 0.500. The fourth-order valence-corrected chi connectivity index (χ4v) is 6.44. The molecule has 8 nitrogen and oxygen atoms in total. The molecule has 4 rings (SSSR count). The van der Waals surface area contributed by atoms with Crippen molar-refractivity contribution in [3.63, 3.8) is 0 Å². The van der Waals surface area contributed by atoms with Crippen molar-refractivity contribution in [1.29, 1.82) is 0 Å². The Kier molecular flexibility index (Phi) is 6.83. The second-order valence-electron chi connectivity index (χ2n) is 9.68. The largest absolute Gasteiger partial charge is 0.395 e. The van der Waals surface area contributed by atoms with Gasteiger partial charge >= 0.3 is 0 Å². The van der Waals surface area contributed by atoms with E-state index in [0.717, 1.165) is 0 Å². The summed E-state index contributed by atoms with van der Waals surface area (Å²) in [7, 11) is 1.67. The predicted octanol–water partition coefficient (Wildman–Crippen LogP) is 2.26. The topological polar surface area (TPSA) is 90.4 Å². The lowest BCUT2D eigenvalue weighted by atomic mass is 9.66. The van der Waals surface area contributed by atoms with E-state index in [1.165, 1.54) is 14.7 Å². The summed E-state index contributed by atoms with van der Waals surface area (Å²) < 4.78 is 6.58. The molecule has 3 saturated heterocycles. The standard InChI is InChI=1S/C26H32ClN3O5/c1-5-13-28(4)22(32)19-20-23(33)30(15-16-31)21(26(20)12-11-25(19,3)35-26)24(34)29(14-6-2)18-10-8-7-9-17(18)27/h5-10,19-21,31H,1-2,11-16H2,3-4H3/t19-,20+,21?,25+,26?/m1/s1. The molecule has 2 unspecified atom stereocenters. The SMILES string of the molecule is C=CCN(C)C(=O)[C@H]1[C@H]2C(=O)N(CCO)C(C(=O)N(CC=C)c3ccccc3Cl)C23CC[C@]1(C)O3. The van der Waals surface area contributed by atoms with Crippen molar-refractivity contribution in [3.8, 4) is 0 Å². The van der Waals surface area contributed by atoms with Crippen LogP contribution in [0.5, 0.6) is 0 Å². The highest BCUT2D eigenvalue weighted by Crippen LogP contribution is 2.63.